The summed E-state index contributed by atoms with van der Waals surface area (Å²) >= 11 is 1.54. The third-order valence-corrected chi connectivity index (χ3v) is 4.72. The Labute approximate surface area is 134 Å². The summed E-state index contributed by atoms with van der Waals surface area (Å²) in [4.78, 5) is 6.85. The largest absolute Gasteiger partial charge is 0.469 e. The highest BCUT2D eigenvalue weighted by molar-refractivity contribution is 7.13. The summed E-state index contributed by atoms with van der Waals surface area (Å²) in [7, 11) is 0. The summed E-state index contributed by atoms with van der Waals surface area (Å²) in [5, 5.41) is 14.5. The van der Waals surface area contributed by atoms with Crippen LogP contribution in [-0.2, 0) is 13.1 Å². The first-order valence-electron chi connectivity index (χ1n) is 7.73. The normalized spacial score (nSPS) is 19.0. The van der Waals surface area contributed by atoms with E-state index in [0.717, 1.165) is 36.3 Å². The van der Waals surface area contributed by atoms with Crippen molar-refractivity contribution in [3.05, 3.63) is 16.7 Å². The van der Waals surface area contributed by atoms with Crippen LogP contribution in [0.5, 0.6) is 5.19 Å². The van der Waals surface area contributed by atoms with Crippen LogP contribution in [0.1, 0.15) is 36.4 Å². The molecule has 0 radical (unpaired) electrons. The molecule has 0 N–H and O–H groups in total. The van der Waals surface area contributed by atoms with Crippen molar-refractivity contribution in [1.29, 1.82) is 0 Å². The molecule has 1 saturated heterocycles. The molecule has 7 nitrogen and oxygen atoms in total. The quantitative estimate of drug-likeness (QED) is 0.808. The Morgan fingerprint density at radius 3 is 2.91 bits per heavy atom. The second-order valence-electron chi connectivity index (χ2n) is 5.55. The van der Waals surface area contributed by atoms with Gasteiger partial charge in [-0.1, -0.05) is 11.3 Å². The SMILES string of the molecule is CCOc1nnc(CN2CCC[C@H]2Cn2nc(C)nc2C)s1. The molecule has 0 aromatic carbocycles. The highest BCUT2D eigenvalue weighted by Crippen LogP contribution is 2.25. The molecule has 1 aliphatic rings. The number of nitrogens with zero attached hydrogens (tertiary/aromatic N) is 6. The minimum Gasteiger partial charge on any atom is -0.469 e. The van der Waals surface area contributed by atoms with Gasteiger partial charge in [0.15, 0.2) is 0 Å². The van der Waals surface area contributed by atoms with Crippen molar-refractivity contribution >= 4 is 11.3 Å². The van der Waals surface area contributed by atoms with Crippen LogP contribution in [0.3, 0.4) is 0 Å². The fourth-order valence-electron chi connectivity index (χ4n) is 2.90. The summed E-state index contributed by atoms with van der Waals surface area (Å²) < 4.78 is 7.41. The summed E-state index contributed by atoms with van der Waals surface area (Å²) in [6, 6.07) is 0.485. The maximum absolute atomic E-state index is 5.40. The van der Waals surface area contributed by atoms with Gasteiger partial charge in [0, 0.05) is 6.04 Å². The first kappa shape index (κ1) is 15.4. The van der Waals surface area contributed by atoms with Gasteiger partial charge in [0.2, 0.25) is 0 Å². The monoisotopic (exact) mass is 322 g/mol. The maximum Gasteiger partial charge on any atom is 0.294 e. The third kappa shape index (κ3) is 3.44. The zero-order valence-corrected chi connectivity index (χ0v) is 14.1. The number of aryl methyl sites for hydroxylation is 2. The molecule has 0 amide bonds. The van der Waals surface area contributed by atoms with E-state index in [0.29, 0.717) is 17.8 Å². The summed E-state index contributed by atoms with van der Waals surface area (Å²) in [5.74, 6) is 1.83. The van der Waals surface area contributed by atoms with E-state index in [1.54, 1.807) is 0 Å². The number of aromatic nitrogens is 5. The lowest BCUT2D eigenvalue weighted by Crippen LogP contribution is -2.33. The third-order valence-electron chi connectivity index (χ3n) is 3.90. The number of likely N-dealkylation sites (tertiary alicyclic amines) is 1. The van der Waals surface area contributed by atoms with Gasteiger partial charge in [-0.15, -0.1) is 10.2 Å². The first-order chi connectivity index (χ1) is 10.7. The number of rotatable bonds is 6. The lowest BCUT2D eigenvalue weighted by Gasteiger charge is -2.23. The Kier molecular flexibility index (Phi) is 4.68. The molecule has 0 unspecified atom stereocenters. The molecule has 120 valence electrons. The van der Waals surface area contributed by atoms with Crippen LogP contribution in [0.4, 0.5) is 0 Å². The van der Waals surface area contributed by atoms with Crippen LogP contribution in [0, 0.1) is 13.8 Å². The summed E-state index contributed by atoms with van der Waals surface area (Å²) in [5.41, 5.74) is 0. The van der Waals surface area contributed by atoms with Crippen molar-refractivity contribution in [1.82, 2.24) is 29.9 Å². The minimum absolute atomic E-state index is 0.485. The van der Waals surface area contributed by atoms with Crippen molar-refractivity contribution in [3.8, 4) is 5.19 Å². The van der Waals surface area contributed by atoms with E-state index in [4.69, 9.17) is 4.74 Å². The zero-order valence-electron chi connectivity index (χ0n) is 13.3. The second-order valence-corrected chi connectivity index (χ2v) is 6.57. The number of ether oxygens (including phenoxy) is 1. The van der Waals surface area contributed by atoms with E-state index in [1.807, 2.05) is 25.5 Å². The topological polar surface area (TPSA) is 69.0 Å². The molecule has 1 atom stereocenters. The lowest BCUT2D eigenvalue weighted by atomic mass is 10.2. The van der Waals surface area contributed by atoms with E-state index in [-0.39, 0.29) is 0 Å². The van der Waals surface area contributed by atoms with E-state index in [9.17, 15) is 0 Å². The Morgan fingerprint density at radius 2 is 2.18 bits per heavy atom. The smallest absolute Gasteiger partial charge is 0.294 e. The molecule has 2 aromatic heterocycles. The Bertz CT molecular complexity index is 625. The average molecular weight is 322 g/mol. The van der Waals surface area contributed by atoms with Gasteiger partial charge in [-0.05, 0) is 40.2 Å². The molecule has 1 aliphatic heterocycles. The van der Waals surface area contributed by atoms with Gasteiger partial charge in [-0.3, -0.25) is 4.90 Å². The van der Waals surface area contributed by atoms with Crippen molar-refractivity contribution in [3.63, 3.8) is 0 Å². The van der Waals surface area contributed by atoms with Crippen LogP contribution in [0.2, 0.25) is 0 Å². The van der Waals surface area contributed by atoms with Crippen LogP contribution in [0.15, 0.2) is 0 Å². The van der Waals surface area contributed by atoms with Gasteiger partial charge in [0.1, 0.15) is 16.7 Å². The molecule has 0 bridgehead atoms. The zero-order chi connectivity index (χ0) is 15.5. The Hall–Kier alpha value is -1.54. The molecular formula is C14H22N6OS. The van der Waals surface area contributed by atoms with Gasteiger partial charge in [-0.25, -0.2) is 9.67 Å². The highest BCUT2D eigenvalue weighted by atomic mass is 32.1. The Balaban J connectivity index is 1.63. The predicted octanol–water partition coefficient (Wildman–Crippen LogP) is 1.81. The summed E-state index contributed by atoms with van der Waals surface area (Å²) in [6.07, 6.45) is 2.41. The average Bonchev–Trinajstić information content (AvgIpc) is 3.16. The minimum atomic E-state index is 0.485. The fraction of sp³-hybridized carbons (Fsp3) is 0.714. The van der Waals surface area contributed by atoms with Gasteiger partial charge in [0.05, 0.1) is 19.7 Å². The van der Waals surface area contributed by atoms with E-state index in [1.165, 1.54) is 24.2 Å². The van der Waals surface area contributed by atoms with Crippen LogP contribution in [0.25, 0.3) is 0 Å². The number of hydrogen-bond donors (Lipinski definition) is 0. The molecule has 0 aliphatic carbocycles. The Morgan fingerprint density at radius 1 is 1.32 bits per heavy atom. The van der Waals surface area contributed by atoms with Gasteiger partial charge < -0.3 is 4.74 Å². The fourth-order valence-corrected chi connectivity index (χ4v) is 3.67. The van der Waals surface area contributed by atoms with Crippen LogP contribution >= 0.6 is 11.3 Å². The first-order valence-corrected chi connectivity index (χ1v) is 8.54. The molecule has 0 saturated carbocycles. The molecule has 3 heterocycles. The summed E-state index contributed by atoms with van der Waals surface area (Å²) in [6.45, 7) is 9.36. The second kappa shape index (κ2) is 6.70. The molecule has 1 fully saturated rings. The number of hydrogen-bond acceptors (Lipinski definition) is 7. The molecule has 22 heavy (non-hydrogen) atoms. The molecule has 2 aromatic rings. The highest BCUT2D eigenvalue weighted by Gasteiger charge is 2.26. The van der Waals surface area contributed by atoms with Gasteiger partial charge >= 0.3 is 0 Å². The van der Waals surface area contributed by atoms with E-state index < -0.39 is 0 Å². The van der Waals surface area contributed by atoms with Crippen LogP contribution in [-0.4, -0.2) is 49.1 Å². The standard InChI is InChI=1S/C14H22N6OS/c1-4-21-14-17-16-13(22-14)9-19-7-5-6-12(19)8-20-11(3)15-10(2)18-20/h12H,4-9H2,1-3H3/t12-/m0/s1. The maximum atomic E-state index is 5.40. The van der Waals surface area contributed by atoms with Gasteiger partial charge in [0.25, 0.3) is 5.19 Å². The lowest BCUT2D eigenvalue weighted by molar-refractivity contribution is 0.217. The van der Waals surface area contributed by atoms with E-state index in [2.05, 4.69) is 25.2 Å². The van der Waals surface area contributed by atoms with Gasteiger partial charge in [-0.2, -0.15) is 5.10 Å². The van der Waals surface area contributed by atoms with Crippen molar-refractivity contribution in [2.45, 2.75) is 52.7 Å². The van der Waals surface area contributed by atoms with Crippen molar-refractivity contribution in [2.24, 2.45) is 0 Å². The van der Waals surface area contributed by atoms with Crippen molar-refractivity contribution in [2.75, 3.05) is 13.2 Å². The molecule has 0 spiro atoms. The van der Waals surface area contributed by atoms with E-state index >= 15 is 0 Å². The molecule has 8 heteroatoms. The van der Waals surface area contributed by atoms with Crippen LogP contribution < -0.4 is 4.74 Å². The predicted molar refractivity (Wildman–Crippen MR) is 84.0 cm³/mol. The molecule has 3 rings (SSSR count). The van der Waals surface area contributed by atoms with Crippen molar-refractivity contribution < 1.29 is 4.74 Å². The molecular weight excluding hydrogens is 300 g/mol.